The lowest BCUT2D eigenvalue weighted by molar-refractivity contribution is 0.102. The number of rotatable bonds is 6. The molecule has 0 spiro atoms. The van der Waals surface area contributed by atoms with Crippen LogP contribution in [0.5, 0.6) is 0 Å². The van der Waals surface area contributed by atoms with E-state index in [1.807, 2.05) is 36.1 Å². The highest BCUT2D eigenvalue weighted by Crippen LogP contribution is 2.39. The number of hydrogen-bond acceptors (Lipinski definition) is 6. The summed E-state index contributed by atoms with van der Waals surface area (Å²) in [6.45, 7) is 5.90. The first-order valence-electron chi connectivity index (χ1n) is 11.3. The normalized spacial score (nSPS) is 13.4. The minimum absolute atomic E-state index is 0.0299. The number of hydrogen-bond donors (Lipinski definition) is 1. The monoisotopic (exact) mass is 458 g/mol. The number of amides is 1. The van der Waals surface area contributed by atoms with Gasteiger partial charge in [0, 0.05) is 30.9 Å². The van der Waals surface area contributed by atoms with E-state index < -0.39 is 5.91 Å². The fraction of sp³-hybridized carbons (Fsp3) is 0.333. The molecule has 10 heteroatoms. The second-order valence-corrected chi connectivity index (χ2v) is 8.89. The third-order valence-electron chi connectivity index (χ3n) is 6.16. The van der Waals surface area contributed by atoms with Crippen LogP contribution in [0.15, 0.2) is 47.9 Å². The first-order chi connectivity index (χ1) is 16.3. The van der Waals surface area contributed by atoms with Crippen molar-refractivity contribution in [1.82, 2.24) is 33.9 Å². The lowest BCUT2D eigenvalue weighted by Crippen LogP contribution is -2.30. The van der Waals surface area contributed by atoms with Crippen LogP contribution in [0.2, 0.25) is 0 Å². The molecule has 0 radical (unpaired) electrons. The molecule has 0 aliphatic heterocycles. The molecule has 0 bridgehead atoms. The van der Waals surface area contributed by atoms with Gasteiger partial charge < -0.3 is 19.0 Å². The van der Waals surface area contributed by atoms with Crippen molar-refractivity contribution < 1.29 is 4.79 Å². The van der Waals surface area contributed by atoms with Crippen LogP contribution in [0, 0.1) is 6.92 Å². The SMILES string of the molecule is Cc1c(-n2cnc(C3CC3)c2)cc(C(=O)Nc2cccc(-c3nncn3C(C)C)n2)c(=O)n1C. The minimum atomic E-state index is -0.528. The van der Waals surface area contributed by atoms with Gasteiger partial charge in [0.1, 0.15) is 23.4 Å². The summed E-state index contributed by atoms with van der Waals surface area (Å²) in [7, 11) is 1.66. The van der Waals surface area contributed by atoms with Crippen molar-refractivity contribution in [2.75, 3.05) is 5.32 Å². The summed E-state index contributed by atoms with van der Waals surface area (Å²) in [5.74, 6) is 0.908. The second kappa shape index (κ2) is 8.36. The van der Waals surface area contributed by atoms with Gasteiger partial charge in [-0.05, 0) is 51.8 Å². The summed E-state index contributed by atoms with van der Waals surface area (Å²) >= 11 is 0. The van der Waals surface area contributed by atoms with Gasteiger partial charge in [0.2, 0.25) is 0 Å². The molecule has 0 atom stereocenters. The van der Waals surface area contributed by atoms with Crippen LogP contribution < -0.4 is 10.9 Å². The first kappa shape index (κ1) is 21.7. The van der Waals surface area contributed by atoms with Crippen LogP contribution in [-0.4, -0.2) is 39.8 Å². The number of aromatic nitrogens is 7. The van der Waals surface area contributed by atoms with Crippen molar-refractivity contribution >= 4 is 11.7 Å². The molecule has 4 aromatic heterocycles. The number of carbonyl (C=O) groups excluding carboxylic acids is 1. The zero-order chi connectivity index (χ0) is 24.0. The summed E-state index contributed by atoms with van der Waals surface area (Å²) < 4.78 is 5.25. The molecule has 5 rings (SSSR count). The lowest BCUT2D eigenvalue weighted by atomic mass is 10.2. The molecule has 0 aromatic carbocycles. The standard InChI is InChI=1S/C24H26N8O2/c1-14(2)32-13-26-29-22(32)18-6-5-7-21(27-18)28-23(33)17-10-20(15(3)30(4)24(17)34)31-11-19(25-12-31)16-8-9-16/h5-7,10-14,16H,8-9H2,1-4H3,(H,27,28,33). The summed E-state index contributed by atoms with van der Waals surface area (Å²) in [6.07, 6.45) is 7.66. The predicted octanol–water partition coefficient (Wildman–Crippen LogP) is 3.24. The summed E-state index contributed by atoms with van der Waals surface area (Å²) in [4.78, 5) is 35.1. The molecule has 0 unspecified atom stereocenters. The average molecular weight is 459 g/mol. The molecule has 10 nitrogen and oxygen atoms in total. The lowest BCUT2D eigenvalue weighted by Gasteiger charge is -2.14. The Morgan fingerprint density at radius 3 is 2.74 bits per heavy atom. The maximum atomic E-state index is 13.2. The maximum absolute atomic E-state index is 13.2. The molecule has 4 aromatic rings. The number of carbonyl (C=O) groups is 1. The fourth-order valence-corrected chi connectivity index (χ4v) is 3.91. The van der Waals surface area contributed by atoms with Gasteiger partial charge in [0.05, 0.1) is 17.7 Å². The molecule has 174 valence electrons. The third kappa shape index (κ3) is 3.91. The fourth-order valence-electron chi connectivity index (χ4n) is 3.91. The Balaban J connectivity index is 1.46. The van der Waals surface area contributed by atoms with Crippen molar-refractivity contribution in [3.63, 3.8) is 0 Å². The Morgan fingerprint density at radius 1 is 1.21 bits per heavy atom. The second-order valence-electron chi connectivity index (χ2n) is 8.89. The summed E-state index contributed by atoms with van der Waals surface area (Å²) in [5.41, 5.74) is 2.74. The smallest absolute Gasteiger partial charge is 0.263 e. The number of anilines is 1. The highest BCUT2D eigenvalue weighted by molar-refractivity contribution is 6.04. The molecule has 1 amide bonds. The molecular formula is C24H26N8O2. The summed E-state index contributed by atoms with van der Waals surface area (Å²) in [5, 5.41) is 10.9. The van der Waals surface area contributed by atoms with Gasteiger partial charge in [-0.3, -0.25) is 9.59 Å². The molecule has 4 heterocycles. The Kier molecular flexibility index (Phi) is 5.35. The van der Waals surface area contributed by atoms with Crippen LogP contribution in [0.4, 0.5) is 5.82 Å². The Hall–Kier alpha value is -4.08. The van der Waals surface area contributed by atoms with Gasteiger partial charge in [-0.25, -0.2) is 9.97 Å². The van der Waals surface area contributed by atoms with Gasteiger partial charge in [-0.2, -0.15) is 0 Å². The molecular weight excluding hydrogens is 432 g/mol. The van der Waals surface area contributed by atoms with E-state index in [1.165, 1.54) is 4.57 Å². The van der Waals surface area contributed by atoms with E-state index in [0.717, 1.165) is 29.9 Å². The molecule has 1 N–H and O–H groups in total. The number of pyridine rings is 2. The van der Waals surface area contributed by atoms with Crippen molar-refractivity contribution in [2.45, 2.75) is 45.6 Å². The highest BCUT2D eigenvalue weighted by Gasteiger charge is 2.26. The van der Waals surface area contributed by atoms with Crippen molar-refractivity contribution in [3.8, 4) is 17.2 Å². The quantitative estimate of drug-likeness (QED) is 0.475. The summed E-state index contributed by atoms with van der Waals surface area (Å²) in [6, 6.07) is 7.03. The van der Waals surface area contributed by atoms with Gasteiger partial charge in [-0.15, -0.1) is 10.2 Å². The van der Waals surface area contributed by atoms with Crippen LogP contribution in [0.3, 0.4) is 0 Å². The zero-order valence-corrected chi connectivity index (χ0v) is 19.6. The molecule has 0 saturated heterocycles. The molecule has 1 fully saturated rings. The van der Waals surface area contributed by atoms with Gasteiger partial charge >= 0.3 is 0 Å². The van der Waals surface area contributed by atoms with Gasteiger partial charge in [0.15, 0.2) is 5.82 Å². The largest absolute Gasteiger partial charge is 0.313 e. The van der Waals surface area contributed by atoms with E-state index in [2.05, 4.69) is 25.5 Å². The Morgan fingerprint density at radius 2 is 2.00 bits per heavy atom. The highest BCUT2D eigenvalue weighted by atomic mass is 16.2. The Labute approximate surface area is 196 Å². The van der Waals surface area contributed by atoms with E-state index in [4.69, 9.17) is 0 Å². The number of nitrogens with one attached hydrogen (secondary N) is 1. The Bertz CT molecular complexity index is 1440. The van der Waals surface area contributed by atoms with Crippen molar-refractivity contribution in [1.29, 1.82) is 0 Å². The van der Waals surface area contributed by atoms with Gasteiger partial charge in [-0.1, -0.05) is 6.07 Å². The number of nitrogens with zero attached hydrogens (tertiary/aromatic N) is 7. The van der Waals surface area contributed by atoms with E-state index >= 15 is 0 Å². The van der Waals surface area contributed by atoms with E-state index in [1.54, 1.807) is 44.0 Å². The zero-order valence-electron chi connectivity index (χ0n) is 19.6. The number of imidazole rings is 1. The first-order valence-corrected chi connectivity index (χ1v) is 11.3. The molecule has 1 aliphatic rings. The van der Waals surface area contributed by atoms with Gasteiger partial charge in [0.25, 0.3) is 11.5 Å². The van der Waals surface area contributed by atoms with Crippen LogP contribution in [-0.2, 0) is 7.05 Å². The molecule has 34 heavy (non-hydrogen) atoms. The molecule has 1 aliphatic carbocycles. The third-order valence-corrected chi connectivity index (χ3v) is 6.16. The van der Waals surface area contributed by atoms with Crippen LogP contribution in [0.1, 0.15) is 60.4 Å². The maximum Gasteiger partial charge on any atom is 0.263 e. The van der Waals surface area contributed by atoms with Crippen molar-refractivity contribution in [2.24, 2.45) is 7.05 Å². The van der Waals surface area contributed by atoms with Crippen molar-refractivity contribution in [3.05, 3.63) is 70.4 Å². The van der Waals surface area contributed by atoms with Crippen LogP contribution >= 0.6 is 0 Å². The molecule has 1 saturated carbocycles. The average Bonchev–Trinajstić information content (AvgIpc) is 3.33. The van der Waals surface area contributed by atoms with E-state index in [-0.39, 0.29) is 17.2 Å². The predicted molar refractivity (Wildman–Crippen MR) is 127 cm³/mol. The van der Waals surface area contributed by atoms with Crippen LogP contribution in [0.25, 0.3) is 17.2 Å². The van der Waals surface area contributed by atoms with E-state index in [9.17, 15) is 9.59 Å². The van der Waals surface area contributed by atoms with E-state index in [0.29, 0.717) is 23.3 Å². The topological polar surface area (TPSA) is 113 Å². The minimum Gasteiger partial charge on any atom is -0.313 e.